The highest BCUT2D eigenvalue weighted by Crippen LogP contribution is 2.37. The van der Waals surface area contributed by atoms with Gasteiger partial charge in [-0.25, -0.2) is 0 Å². The minimum atomic E-state index is 0.463. The SMILES string of the molecule is CCC(C)C1CN(CC2CCOC2)C2(CCCCC2)CN1. The quantitative estimate of drug-likeness (QED) is 0.862. The Morgan fingerprint density at radius 2 is 2.10 bits per heavy atom. The fourth-order valence-electron chi connectivity index (χ4n) is 4.60. The number of hydrogen-bond donors (Lipinski definition) is 1. The molecule has 21 heavy (non-hydrogen) atoms. The maximum Gasteiger partial charge on any atom is 0.0507 e. The minimum Gasteiger partial charge on any atom is -0.381 e. The molecule has 3 rings (SSSR count). The Balaban J connectivity index is 1.69. The van der Waals surface area contributed by atoms with Crippen LogP contribution in [-0.2, 0) is 4.74 Å². The van der Waals surface area contributed by atoms with E-state index in [1.54, 1.807) is 0 Å². The van der Waals surface area contributed by atoms with E-state index in [4.69, 9.17) is 4.74 Å². The van der Waals surface area contributed by atoms with Crippen molar-refractivity contribution in [3.63, 3.8) is 0 Å². The van der Waals surface area contributed by atoms with Crippen LogP contribution in [0.4, 0.5) is 0 Å². The third-order valence-corrected chi connectivity index (χ3v) is 6.40. The predicted molar refractivity (Wildman–Crippen MR) is 87.6 cm³/mol. The second-order valence-electron chi connectivity index (χ2n) is 7.79. The van der Waals surface area contributed by atoms with Gasteiger partial charge in [0.2, 0.25) is 0 Å². The zero-order valence-corrected chi connectivity index (χ0v) is 14.1. The van der Waals surface area contributed by atoms with Crippen LogP contribution < -0.4 is 5.32 Å². The van der Waals surface area contributed by atoms with Crippen LogP contribution in [0.1, 0.15) is 58.8 Å². The van der Waals surface area contributed by atoms with Crippen molar-refractivity contribution in [1.82, 2.24) is 10.2 Å². The molecule has 0 bridgehead atoms. The molecule has 1 spiro atoms. The molecule has 3 atom stereocenters. The highest BCUT2D eigenvalue weighted by atomic mass is 16.5. The lowest BCUT2D eigenvalue weighted by Crippen LogP contribution is -2.67. The standard InChI is InChI=1S/C18H34N2O/c1-3-15(2)17-12-20(11-16-7-10-21-13-16)18(14-19-17)8-5-4-6-9-18/h15-17,19H,3-14H2,1-2H3. The molecule has 3 unspecified atom stereocenters. The van der Waals surface area contributed by atoms with Crippen LogP contribution in [-0.4, -0.2) is 49.3 Å². The minimum absolute atomic E-state index is 0.463. The molecule has 122 valence electrons. The normalized spacial score (nSPS) is 35.1. The third-order valence-electron chi connectivity index (χ3n) is 6.40. The van der Waals surface area contributed by atoms with Gasteiger partial charge in [-0.05, 0) is 31.1 Å². The molecule has 3 heteroatoms. The Hall–Kier alpha value is -0.120. The van der Waals surface area contributed by atoms with Crippen LogP contribution in [0, 0.1) is 11.8 Å². The summed E-state index contributed by atoms with van der Waals surface area (Å²) in [6.45, 7) is 10.5. The first-order valence-corrected chi connectivity index (χ1v) is 9.30. The summed E-state index contributed by atoms with van der Waals surface area (Å²) in [6, 6.07) is 0.685. The summed E-state index contributed by atoms with van der Waals surface area (Å²) < 4.78 is 5.63. The molecule has 2 aliphatic heterocycles. The molecular formula is C18H34N2O. The van der Waals surface area contributed by atoms with E-state index >= 15 is 0 Å². The molecule has 0 aromatic carbocycles. The van der Waals surface area contributed by atoms with Crippen LogP contribution in [0.5, 0.6) is 0 Å². The first kappa shape index (κ1) is 15.8. The topological polar surface area (TPSA) is 24.5 Å². The van der Waals surface area contributed by atoms with Gasteiger partial charge in [-0.2, -0.15) is 0 Å². The molecule has 2 saturated heterocycles. The van der Waals surface area contributed by atoms with Crippen LogP contribution in [0.2, 0.25) is 0 Å². The molecule has 1 saturated carbocycles. The zero-order valence-electron chi connectivity index (χ0n) is 14.1. The van der Waals surface area contributed by atoms with E-state index in [9.17, 15) is 0 Å². The van der Waals surface area contributed by atoms with Gasteiger partial charge in [0.15, 0.2) is 0 Å². The van der Waals surface area contributed by atoms with Crippen molar-refractivity contribution in [2.45, 2.75) is 70.4 Å². The summed E-state index contributed by atoms with van der Waals surface area (Å²) in [7, 11) is 0. The average Bonchev–Trinajstić information content (AvgIpc) is 3.03. The number of ether oxygens (including phenoxy) is 1. The number of nitrogens with zero attached hydrogens (tertiary/aromatic N) is 1. The Morgan fingerprint density at radius 3 is 2.76 bits per heavy atom. The third kappa shape index (κ3) is 3.46. The van der Waals surface area contributed by atoms with Crippen molar-refractivity contribution in [1.29, 1.82) is 0 Å². The second-order valence-corrected chi connectivity index (χ2v) is 7.79. The molecule has 1 aliphatic carbocycles. The first-order chi connectivity index (χ1) is 10.2. The summed E-state index contributed by atoms with van der Waals surface area (Å²) >= 11 is 0. The number of nitrogens with one attached hydrogen (secondary N) is 1. The lowest BCUT2D eigenvalue weighted by atomic mass is 9.77. The predicted octanol–water partition coefficient (Wildman–Crippen LogP) is 3.05. The fraction of sp³-hybridized carbons (Fsp3) is 1.00. The van der Waals surface area contributed by atoms with Crippen LogP contribution in [0.25, 0.3) is 0 Å². The van der Waals surface area contributed by atoms with Crippen molar-refractivity contribution in [2.24, 2.45) is 11.8 Å². The summed E-state index contributed by atoms with van der Waals surface area (Å²) in [6.07, 6.45) is 9.65. The molecule has 0 amide bonds. The van der Waals surface area contributed by atoms with Gasteiger partial charge >= 0.3 is 0 Å². The maximum absolute atomic E-state index is 5.63. The lowest BCUT2D eigenvalue weighted by molar-refractivity contribution is -0.0108. The van der Waals surface area contributed by atoms with Gasteiger partial charge < -0.3 is 10.1 Å². The van der Waals surface area contributed by atoms with Gasteiger partial charge in [-0.3, -0.25) is 4.90 Å². The molecule has 3 aliphatic rings. The molecule has 2 heterocycles. The monoisotopic (exact) mass is 294 g/mol. The molecule has 3 nitrogen and oxygen atoms in total. The summed E-state index contributed by atoms with van der Waals surface area (Å²) in [4.78, 5) is 2.89. The summed E-state index contributed by atoms with van der Waals surface area (Å²) in [5, 5.41) is 3.91. The maximum atomic E-state index is 5.63. The highest BCUT2D eigenvalue weighted by Gasteiger charge is 2.43. The van der Waals surface area contributed by atoms with Crippen molar-refractivity contribution >= 4 is 0 Å². The van der Waals surface area contributed by atoms with Crippen molar-refractivity contribution < 1.29 is 4.74 Å². The van der Waals surface area contributed by atoms with E-state index in [1.165, 1.54) is 64.6 Å². The Kier molecular flexibility index (Phi) is 5.23. The lowest BCUT2D eigenvalue weighted by Gasteiger charge is -2.53. The molecule has 0 aromatic rings. The summed E-state index contributed by atoms with van der Waals surface area (Å²) in [5.41, 5.74) is 0.463. The molecular weight excluding hydrogens is 260 g/mol. The van der Waals surface area contributed by atoms with Crippen LogP contribution in [0.3, 0.4) is 0 Å². The summed E-state index contributed by atoms with van der Waals surface area (Å²) in [5.74, 6) is 1.56. The number of rotatable bonds is 4. The molecule has 1 N–H and O–H groups in total. The van der Waals surface area contributed by atoms with E-state index in [0.717, 1.165) is 25.0 Å². The van der Waals surface area contributed by atoms with Crippen LogP contribution >= 0.6 is 0 Å². The van der Waals surface area contributed by atoms with Crippen molar-refractivity contribution in [3.8, 4) is 0 Å². The first-order valence-electron chi connectivity index (χ1n) is 9.30. The van der Waals surface area contributed by atoms with Crippen LogP contribution in [0.15, 0.2) is 0 Å². The molecule has 0 radical (unpaired) electrons. The second kappa shape index (κ2) is 6.97. The Morgan fingerprint density at radius 1 is 1.29 bits per heavy atom. The smallest absolute Gasteiger partial charge is 0.0507 e. The van der Waals surface area contributed by atoms with E-state index < -0.39 is 0 Å². The van der Waals surface area contributed by atoms with Gasteiger partial charge in [-0.1, -0.05) is 39.5 Å². The van der Waals surface area contributed by atoms with E-state index in [-0.39, 0.29) is 0 Å². The molecule has 3 fully saturated rings. The fourth-order valence-corrected chi connectivity index (χ4v) is 4.60. The van der Waals surface area contributed by atoms with Crippen molar-refractivity contribution in [2.75, 3.05) is 32.8 Å². The van der Waals surface area contributed by atoms with Gasteiger partial charge in [0.25, 0.3) is 0 Å². The van der Waals surface area contributed by atoms with E-state index in [0.29, 0.717) is 11.6 Å². The van der Waals surface area contributed by atoms with E-state index in [2.05, 4.69) is 24.1 Å². The molecule has 0 aromatic heterocycles. The Labute approximate surface area is 130 Å². The Bertz CT molecular complexity index is 321. The van der Waals surface area contributed by atoms with E-state index in [1.807, 2.05) is 0 Å². The van der Waals surface area contributed by atoms with Gasteiger partial charge in [-0.15, -0.1) is 0 Å². The van der Waals surface area contributed by atoms with Gasteiger partial charge in [0, 0.05) is 37.8 Å². The number of piperazine rings is 1. The van der Waals surface area contributed by atoms with Gasteiger partial charge in [0.1, 0.15) is 0 Å². The van der Waals surface area contributed by atoms with Crippen molar-refractivity contribution in [3.05, 3.63) is 0 Å². The average molecular weight is 294 g/mol. The highest BCUT2D eigenvalue weighted by molar-refractivity contribution is 5.01. The number of hydrogen-bond acceptors (Lipinski definition) is 3. The van der Waals surface area contributed by atoms with Gasteiger partial charge in [0.05, 0.1) is 6.61 Å². The largest absolute Gasteiger partial charge is 0.381 e. The zero-order chi connectivity index (χ0) is 14.7.